The molecule has 0 atom stereocenters. The van der Waals surface area contributed by atoms with Crippen LogP contribution in [-0.2, 0) is 13.0 Å². The number of rotatable bonds is 6. The summed E-state index contributed by atoms with van der Waals surface area (Å²) in [4.78, 5) is 16.6. The molecule has 1 aliphatic heterocycles. The smallest absolute Gasteiger partial charge is 0.223 e. The van der Waals surface area contributed by atoms with E-state index in [1.807, 2.05) is 18.9 Å². The minimum atomic E-state index is -0.294. The Balaban J connectivity index is 1.52. The molecule has 1 fully saturated rings. The van der Waals surface area contributed by atoms with Crippen molar-refractivity contribution >= 4 is 5.82 Å². The quantitative estimate of drug-likeness (QED) is 0.792. The van der Waals surface area contributed by atoms with Gasteiger partial charge in [-0.2, -0.15) is 4.98 Å². The van der Waals surface area contributed by atoms with E-state index in [4.69, 9.17) is 4.52 Å². The lowest BCUT2D eigenvalue weighted by atomic mass is 9.96. The second-order valence-electron chi connectivity index (χ2n) is 6.64. The highest BCUT2D eigenvalue weighted by atomic mass is 19.1. The molecule has 3 rings (SSSR count). The van der Waals surface area contributed by atoms with E-state index in [1.54, 1.807) is 6.92 Å². The van der Waals surface area contributed by atoms with E-state index < -0.39 is 0 Å². The predicted octanol–water partition coefficient (Wildman–Crippen LogP) is 2.22. The van der Waals surface area contributed by atoms with Crippen LogP contribution in [0.2, 0.25) is 0 Å². The minimum absolute atomic E-state index is 0.294. The second-order valence-corrected chi connectivity index (χ2v) is 6.64. The normalized spacial score (nSPS) is 16.3. The Kier molecular flexibility index (Phi) is 5.57. The summed E-state index contributed by atoms with van der Waals surface area (Å²) in [5.74, 6) is 1.97. The second kappa shape index (κ2) is 7.86. The largest absolute Gasteiger partial charge is 0.357 e. The van der Waals surface area contributed by atoms with E-state index in [-0.39, 0.29) is 5.82 Å². The molecule has 1 aliphatic rings. The van der Waals surface area contributed by atoms with Gasteiger partial charge >= 0.3 is 0 Å². The lowest BCUT2D eigenvalue weighted by Gasteiger charge is -2.33. The summed E-state index contributed by atoms with van der Waals surface area (Å²) in [7, 11) is 1.90. The first-order valence-electron chi connectivity index (χ1n) is 8.78. The molecule has 1 saturated heterocycles. The van der Waals surface area contributed by atoms with Gasteiger partial charge in [0.1, 0.15) is 6.33 Å². The fourth-order valence-electron chi connectivity index (χ4n) is 3.31. The van der Waals surface area contributed by atoms with E-state index in [0.29, 0.717) is 29.7 Å². The molecule has 2 aromatic rings. The fraction of sp³-hybridized carbons (Fsp3) is 0.647. The summed E-state index contributed by atoms with van der Waals surface area (Å²) in [6, 6.07) is 0. The Morgan fingerprint density at radius 3 is 2.72 bits per heavy atom. The standard InChI is InChI=1S/C17H25FN6O/c1-4-14-16(18)17(20-11-19-14)23(3)9-13-5-7-24(8-6-13)10-15-21-12(2)25-22-15/h11,13H,4-10H2,1-3H3. The Labute approximate surface area is 147 Å². The molecule has 0 aromatic carbocycles. The van der Waals surface area contributed by atoms with Gasteiger partial charge in [-0.1, -0.05) is 12.1 Å². The summed E-state index contributed by atoms with van der Waals surface area (Å²) >= 11 is 0. The maximum Gasteiger partial charge on any atom is 0.223 e. The fourth-order valence-corrected chi connectivity index (χ4v) is 3.31. The van der Waals surface area contributed by atoms with E-state index in [9.17, 15) is 4.39 Å². The highest BCUT2D eigenvalue weighted by molar-refractivity contribution is 5.40. The van der Waals surface area contributed by atoms with Crippen LogP contribution in [0.25, 0.3) is 0 Å². The van der Waals surface area contributed by atoms with Gasteiger partial charge in [-0.15, -0.1) is 0 Å². The van der Waals surface area contributed by atoms with Gasteiger partial charge in [-0.05, 0) is 38.3 Å². The number of likely N-dealkylation sites (tertiary alicyclic amines) is 1. The Morgan fingerprint density at radius 1 is 1.32 bits per heavy atom. The van der Waals surface area contributed by atoms with Gasteiger partial charge in [-0.3, -0.25) is 4.90 Å². The van der Waals surface area contributed by atoms with E-state index in [2.05, 4.69) is 25.0 Å². The first-order chi connectivity index (χ1) is 12.1. The third-order valence-corrected chi connectivity index (χ3v) is 4.71. The highest BCUT2D eigenvalue weighted by Crippen LogP contribution is 2.23. The van der Waals surface area contributed by atoms with Gasteiger partial charge in [-0.25, -0.2) is 14.4 Å². The summed E-state index contributed by atoms with van der Waals surface area (Å²) in [5, 5.41) is 3.95. The van der Waals surface area contributed by atoms with Crippen molar-refractivity contribution in [2.24, 2.45) is 5.92 Å². The van der Waals surface area contributed by atoms with Crippen molar-refractivity contribution in [3.63, 3.8) is 0 Å². The molecule has 7 nitrogen and oxygen atoms in total. The molecule has 2 aromatic heterocycles. The van der Waals surface area contributed by atoms with Crippen molar-refractivity contribution in [2.75, 3.05) is 31.6 Å². The Morgan fingerprint density at radius 2 is 2.08 bits per heavy atom. The van der Waals surface area contributed by atoms with Crippen molar-refractivity contribution < 1.29 is 8.91 Å². The molecule has 0 amide bonds. The zero-order valence-corrected chi connectivity index (χ0v) is 15.1. The van der Waals surface area contributed by atoms with Crippen LogP contribution in [0, 0.1) is 18.7 Å². The van der Waals surface area contributed by atoms with Crippen LogP contribution in [0.1, 0.15) is 37.2 Å². The number of hydrogen-bond donors (Lipinski definition) is 0. The molecule has 0 saturated carbocycles. The molecule has 8 heteroatoms. The average Bonchev–Trinajstić information content (AvgIpc) is 3.01. The van der Waals surface area contributed by atoms with Gasteiger partial charge in [0.05, 0.1) is 12.2 Å². The van der Waals surface area contributed by atoms with E-state index in [1.165, 1.54) is 6.33 Å². The van der Waals surface area contributed by atoms with E-state index >= 15 is 0 Å². The van der Waals surface area contributed by atoms with Gasteiger partial charge in [0.25, 0.3) is 0 Å². The number of anilines is 1. The van der Waals surface area contributed by atoms with Crippen LogP contribution in [0.3, 0.4) is 0 Å². The van der Waals surface area contributed by atoms with Gasteiger partial charge in [0.15, 0.2) is 17.5 Å². The number of hydrogen-bond acceptors (Lipinski definition) is 7. The minimum Gasteiger partial charge on any atom is -0.357 e. The molecule has 0 N–H and O–H groups in total. The Hall–Kier alpha value is -2.09. The molecule has 0 bridgehead atoms. The SMILES string of the molecule is CCc1ncnc(N(C)CC2CCN(Cc3noc(C)n3)CC2)c1F. The molecule has 136 valence electrons. The number of nitrogens with zero attached hydrogens (tertiary/aromatic N) is 6. The molecule has 3 heterocycles. The molecule has 25 heavy (non-hydrogen) atoms. The van der Waals surface area contributed by atoms with Crippen molar-refractivity contribution in [3.8, 4) is 0 Å². The number of aryl methyl sites for hydroxylation is 2. The van der Waals surface area contributed by atoms with Gasteiger partial charge in [0.2, 0.25) is 5.89 Å². The number of aromatic nitrogens is 4. The van der Waals surface area contributed by atoms with Crippen molar-refractivity contribution in [1.82, 2.24) is 25.0 Å². The van der Waals surface area contributed by atoms with Crippen LogP contribution >= 0.6 is 0 Å². The topological polar surface area (TPSA) is 71.2 Å². The lowest BCUT2D eigenvalue weighted by Crippen LogP contribution is -2.38. The summed E-state index contributed by atoms with van der Waals surface area (Å²) < 4.78 is 19.4. The predicted molar refractivity (Wildman–Crippen MR) is 91.7 cm³/mol. The monoisotopic (exact) mass is 348 g/mol. The van der Waals surface area contributed by atoms with Crippen molar-refractivity contribution in [2.45, 2.75) is 39.7 Å². The summed E-state index contributed by atoms with van der Waals surface area (Å²) in [6.07, 6.45) is 4.15. The molecule has 0 unspecified atom stereocenters. The number of piperidine rings is 1. The van der Waals surface area contributed by atoms with Crippen molar-refractivity contribution in [3.05, 3.63) is 29.6 Å². The maximum atomic E-state index is 14.4. The maximum absolute atomic E-state index is 14.4. The van der Waals surface area contributed by atoms with Crippen LogP contribution in [0.5, 0.6) is 0 Å². The third kappa shape index (κ3) is 4.31. The van der Waals surface area contributed by atoms with Crippen LogP contribution < -0.4 is 4.90 Å². The van der Waals surface area contributed by atoms with Crippen LogP contribution in [0.15, 0.2) is 10.9 Å². The van der Waals surface area contributed by atoms with Crippen molar-refractivity contribution in [1.29, 1.82) is 0 Å². The van der Waals surface area contributed by atoms with E-state index in [0.717, 1.165) is 44.8 Å². The lowest BCUT2D eigenvalue weighted by molar-refractivity contribution is 0.174. The van der Waals surface area contributed by atoms with Gasteiger partial charge < -0.3 is 9.42 Å². The summed E-state index contributed by atoms with van der Waals surface area (Å²) in [5.41, 5.74) is 0.474. The Bertz CT molecular complexity index is 698. The van der Waals surface area contributed by atoms with Crippen LogP contribution in [0.4, 0.5) is 10.2 Å². The average molecular weight is 348 g/mol. The molecule has 0 radical (unpaired) electrons. The highest BCUT2D eigenvalue weighted by Gasteiger charge is 2.23. The van der Waals surface area contributed by atoms with Crippen LogP contribution in [-0.4, -0.2) is 51.7 Å². The third-order valence-electron chi connectivity index (χ3n) is 4.71. The first kappa shape index (κ1) is 17.7. The molecular weight excluding hydrogens is 323 g/mol. The zero-order chi connectivity index (χ0) is 17.8. The van der Waals surface area contributed by atoms with Gasteiger partial charge in [0, 0.05) is 20.5 Å². The molecule has 0 aliphatic carbocycles. The summed E-state index contributed by atoms with van der Waals surface area (Å²) in [6.45, 7) is 7.19. The molecular formula is C17H25FN6O. The zero-order valence-electron chi connectivity index (χ0n) is 15.1. The molecule has 0 spiro atoms. The first-order valence-corrected chi connectivity index (χ1v) is 8.78. The number of halogens is 1.